The Balaban J connectivity index is 1.51. The number of imidazole rings is 1. The molecule has 0 unspecified atom stereocenters. The molecule has 11 heteroatoms. The van der Waals surface area contributed by atoms with Crippen molar-refractivity contribution in [3.63, 3.8) is 0 Å². The van der Waals surface area contributed by atoms with Gasteiger partial charge in [0.05, 0.1) is 23.7 Å². The van der Waals surface area contributed by atoms with Gasteiger partial charge in [0.2, 0.25) is 5.91 Å². The smallest absolute Gasteiger partial charge is 0.332 e. The summed E-state index contributed by atoms with van der Waals surface area (Å²) in [7, 11) is 2.87. The highest BCUT2D eigenvalue weighted by atomic mass is 16.5. The fourth-order valence-corrected chi connectivity index (χ4v) is 3.76. The van der Waals surface area contributed by atoms with Gasteiger partial charge in [-0.25, -0.2) is 9.78 Å². The first-order chi connectivity index (χ1) is 15.4. The number of rotatable bonds is 6. The molecule has 3 heterocycles. The van der Waals surface area contributed by atoms with Gasteiger partial charge in [-0.15, -0.1) is 0 Å². The maximum Gasteiger partial charge on any atom is 0.332 e. The minimum atomic E-state index is -0.540. The van der Waals surface area contributed by atoms with E-state index >= 15 is 0 Å². The van der Waals surface area contributed by atoms with E-state index in [4.69, 9.17) is 4.74 Å². The van der Waals surface area contributed by atoms with E-state index in [-0.39, 0.29) is 29.7 Å². The Morgan fingerprint density at radius 3 is 2.72 bits per heavy atom. The van der Waals surface area contributed by atoms with Crippen molar-refractivity contribution in [2.75, 3.05) is 18.5 Å². The van der Waals surface area contributed by atoms with Gasteiger partial charge in [-0.05, 0) is 25.0 Å². The van der Waals surface area contributed by atoms with Crippen LogP contribution in [0, 0.1) is 0 Å². The Morgan fingerprint density at radius 1 is 1.19 bits per heavy atom. The van der Waals surface area contributed by atoms with Gasteiger partial charge in [-0.1, -0.05) is 12.1 Å². The van der Waals surface area contributed by atoms with Crippen LogP contribution < -0.4 is 21.9 Å². The molecule has 11 nitrogen and oxygen atoms in total. The zero-order chi connectivity index (χ0) is 22.8. The molecule has 2 amide bonds. The molecule has 0 radical (unpaired) electrons. The molecular weight excluding hydrogens is 416 g/mol. The molecule has 1 atom stereocenters. The molecule has 4 rings (SSSR count). The standard InChI is InChI=1S/C21H24N6O5/c1-25-18-17(20(30)26(2)21(25)31)27(12-23-18)11-16(28)24-15-8-4-3-7-14(15)19(29)22-10-13-6-5-9-32-13/h3-4,7-8,12-13H,5-6,9-11H2,1-2H3,(H,22,29)(H,24,28)/t13-/m0/s1. The third kappa shape index (κ3) is 4.06. The van der Waals surface area contributed by atoms with Crippen LogP contribution in [0.2, 0.25) is 0 Å². The second-order valence-corrected chi connectivity index (χ2v) is 7.69. The molecule has 168 valence electrons. The molecule has 3 aromatic rings. The van der Waals surface area contributed by atoms with E-state index in [1.165, 1.54) is 29.6 Å². The van der Waals surface area contributed by atoms with Crippen LogP contribution in [0.5, 0.6) is 0 Å². The first-order valence-corrected chi connectivity index (χ1v) is 10.3. The van der Waals surface area contributed by atoms with Crippen molar-refractivity contribution < 1.29 is 14.3 Å². The number of ether oxygens (including phenoxy) is 1. The van der Waals surface area contributed by atoms with Crippen LogP contribution >= 0.6 is 0 Å². The van der Waals surface area contributed by atoms with Crippen LogP contribution in [-0.4, -0.2) is 49.8 Å². The Bertz CT molecular complexity index is 1300. The van der Waals surface area contributed by atoms with Crippen molar-refractivity contribution >= 4 is 28.7 Å². The summed E-state index contributed by atoms with van der Waals surface area (Å²) in [4.78, 5) is 54.1. The summed E-state index contributed by atoms with van der Waals surface area (Å²) in [6, 6.07) is 6.68. The molecule has 1 aromatic carbocycles. The number of aromatic nitrogens is 4. The van der Waals surface area contributed by atoms with Crippen molar-refractivity contribution in [2.45, 2.75) is 25.5 Å². The maximum atomic E-state index is 12.7. The summed E-state index contributed by atoms with van der Waals surface area (Å²) in [6.07, 6.45) is 3.23. The largest absolute Gasteiger partial charge is 0.376 e. The number of amides is 2. The Kier molecular flexibility index (Phi) is 5.91. The lowest BCUT2D eigenvalue weighted by Gasteiger charge is -2.14. The average Bonchev–Trinajstić information content (AvgIpc) is 3.45. The second-order valence-electron chi connectivity index (χ2n) is 7.69. The summed E-state index contributed by atoms with van der Waals surface area (Å²) in [5.41, 5.74) is -0.0192. The number of hydrogen-bond acceptors (Lipinski definition) is 6. The van der Waals surface area contributed by atoms with Crippen LogP contribution in [0.3, 0.4) is 0 Å². The van der Waals surface area contributed by atoms with E-state index in [1.54, 1.807) is 24.3 Å². The maximum absolute atomic E-state index is 12.7. The molecular formula is C21H24N6O5. The van der Waals surface area contributed by atoms with E-state index in [0.717, 1.165) is 17.4 Å². The first kappa shape index (κ1) is 21.5. The summed E-state index contributed by atoms with van der Waals surface area (Å²) in [5, 5.41) is 5.57. The molecule has 0 saturated carbocycles. The van der Waals surface area contributed by atoms with Gasteiger partial charge >= 0.3 is 5.69 Å². The second kappa shape index (κ2) is 8.79. The molecule has 2 N–H and O–H groups in total. The van der Waals surface area contributed by atoms with E-state index in [0.29, 0.717) is 24.4 Å². The molecule has 2 aromatic heterocycles. The van der Waals surface area contributed by atoms with E-state index in [2.05, 4.69) is 15.6 Å². The van der Waals surface area contributed by atoms with Crippen LogP contribution in [0.25, 0.3) is 11.2 Å². The highest BCUT2D eigenvalue weighted by Gasteiger charge is 2.20. The number of carbonyl (C=O) groups is 2. The lowest BCUT2D eigenvalue weighted by molar-refractivity contribution is -0.116. The van der Waals surface area contributed by atoms with Crippen molar-refractivity contribution in [1.29, 1.82) is 0 Å². The molecule has 0 spiro atoms. The van der Waals surface area contributed by atoms with Crippen molar-refractivity contribution in [1.82, 2.24) is 24.0 Å². The number of para-hydroxylation sites is 1. The Morgan fingerprint density at radius 2 is 1.97 bits per heavy atom. The van der Waals surface area contributed by atoms with Crippen molar-refractivity contribution in [3.8, 4) is 0 Å². The van der Waals surface area contributed by atoms with Crippen LogP contribution in [-0.2, 0) is 30.2 Å². The van der Waals surface area contributed by atoms with Crippen molar-refractivity contribution in [3.05, 3.63) is 57.0 Å². The van der Waals surface area contributed by atoms with E-state index in [9.17, 15) is 19.2 Å². The Hall–Kier alpha value is -3.73. The molecule has 0 aliphatic carbocycles. The third-order valence-corrected chi connectivity index (χ3v) is 5.49. The quantitative estimate of drug-likeness (QED) is 0.554. The average molecular weight is 440 g/mol. The summed E-state index contributed by atoms with van der Waals surface area (Å²) in [6.45, 7) is 0.896. The SMILES string of the molecule is Cn1c(=O)c2c(ncn2CC(=O)Nc2ccccc2C(=O)NC[C@@H]2CCCO2)n(C)c1=O. The molecule has 0 bridgehead atoms. The van der Waals surface area contributed by atoms with Crippen LogP contribution in [0.4, 0.5) is 5.69 Å². The van der Waals surface area contributed by atoms with Gasteiger partial charge < -0.3 is 19.9 Å². The van der Waals surface area contributed by atoms with Crippen LogP contribution in [0.1, 0.15) is 23.2 Å². The van der Waals surface area contributed by atoms with Gasteiger partial charge in [0, 0.05) is 27.2 Å². The number of fused-ring (bicyclic) bond motifs is 1. The highest BCUT2D eigenvalue weighted by Crippen LogP contribution is 2.16. The monoisotopic (exact) mass is 440 g/mol. The molecule has 1 aliphatic rings. The number of carbonyl (C=O) groups excluding carboxylic acids is 2. The fourth-order valence-electron chi connectivity index (χ4n) is 3.76. The van der Waals surface area contributed by atoms with Gasteiger partial charge in [-0.2, -0.15) is 0 Å². The molecule has 1 saturated heterocycles. The molecule has 32 heavy (non-hydrogen) atoms. The van der Waals surface area contributed by atoms with Crippen LogP contribution in [0.15, 0.2) is 40.2 Å². The third-order valence-electron chi connectivity index (χ3n) is 5.49. The number of hydrogen-bond donors (Lipinski definition) is 2. The van der Waals surface area contributed by atoms with E-state index < -0.39 is 17.2 Å². The topological polar surface area (TPSA) is 129 Å². The summed E-state index contributed by atoms with van der Waals surface area (Å²) < 4.78 is 9.11. The fraction of sp³-hybridized carbons (Fsp3) is 0.381. The zero-order valence-electron chi connectivity index (χ0n) is 17.8. The normalized spacial score (nSPS) is 15.8. The van der Waals surface area contributed by atoms with Gasteiger partial charge in [-0.3, -0.25) is 23.5 Å². The number of nitrogens with zero attached hydrogens (tertiary/aromatic N) is 4. The van der Waals surface area contributed by atoms with Crippen molar-refractivity contribution in [2.24, 2.45) is 14.1 Å². The lowest BCUT2D eigenvalue weighted by atomic mass is 10.1. The summed E-state index contributed by atoms with van der Waals surface area (Å²) >= 11 is 0. The van der Waals surface area contributed by atoms with Gasteiger partial charge in [0.25, 0.3) is 11.5 Å². The molecule has 1 fully saturated rings. The zero-order valence-corrected chi connectivity index (χ0v) is 17.8. The number of anilines is 1. The van der Waals surface area contributed by atoms with Gasteiger partial charge in [0.1, 0.15) is 6.54 Å². The predicted octanol–water partition coefficient (Wildman–Crippen LogP) is -0.0188. The number of nitrogens with one attached hydrogen (secondary N) is 2. The lowest BCUT2D eigenvalue weighted by Crippen LogP contribution is -2.37. The minimum Gasteiger partial charge on any atom is -0.376 e. The van der Waals surface area contributed by atoms with E-state index in [1.807, 2.05) is 0 Å². The number of aryl methyl sites for hydroxylation is 1. The highest BCUT2D eigenvalue weighted by molar-refractivity contribution is 6.03. The van der Waals surface area contributed by atoms with Gasteiger partial charge in [0.15, 0.2) is 11.2 Å². The Labute approximate surface area is 182 Å². The predicted molar refractivity (Wildman–Crippen MR) is 117 cm³/mol. The number of benzene rings is 1. The first-order valence-electron chi connectivity index (χ1n) is 10.3. The molecule has 1 aliphatic heterocycles. The minimum absolute atomic E-state index is 0.00815. The summed E-state index contributed by atoms with van der Waals surface area (Å²) in [5.74, 6) is -0.757.